The zero-order valence-electron chi connectivity index (χ0n) is 11.0. The monoisotopic (exact) mass is 266 g/mol. The Hall–Kier alpha value is -0.780. The minimum atomic E-state index is -4.72. The van der Waals surface area contributed by atoms with E-state index in [4.69, 9.17) is 5.73 Å². The number of carbonyl (C=O) groups is 1. The van der Waals surface area contributed by atoms with Crippen LogP contribution in [0.15, 0.2) is 0 Å². The molecule has 0 aromatic heterocycles. The molecule has 3 atom stereocenters. The number of likely N-dealkylation sites (N-methyl/N-ethyl adjacent to an activating group) is 1. The molecule has 1 amide bonds. The number of halogens is 3. The molecule has 3 unspecified atom stereocenters. The van der Waals surface area contributed by atoms with Crippen LogP contribution in [-0.4, -0.2) is 35.6 Å². The number of alkyl halides is 3. The summed E-state index contributed by atoms with van der Waals surface area (Å²) in [7, 11) is 1.42. The van der Waals surface area contributed by atoms with Crippen LogP contribution in [0.1, 0.15) is 39.5 Å². The third kappa shape index (κ3) is 2.96. The fourth-order valence-corrected chi connectivity index (χ4v) is 2.41. The predicted molar refractivity (Wildman–Crippen MR) is 62.8 cm³/mol. The maximum absolute atomic E-state index is 12.7. The molecule has 0 heterocycles. The highest BCUT2D eigenvalue weighted by atomic mass is 19.4. The first kappa shape index (κ1) is 15.3. The molecule has 0 aliphatic heterocycles. The molecule has 0 saturated heterocycles. The van der Waals surface area contributed by atoms with Gasteiger partial charge in [-0.2, -0.15) is 13.2 Å². The lowest BCUT2D eigenvalue weighted by molar-refractivity contribution is -0.194. The summed E-state index contributed by atoms with van der Waals surface area (Å²) in [4.78, 5) is 13.1. The molecule has 0 spiro atoms. The van der Waals surface area contributed by atoms with Crippen LogP contribution in [0.3, 0.4) is 0 Å². The van der Waals surface area contributed by atoms with Gasteiger partial charge in [-0.1, -0.05) is 19.8 Å². The van der Waals surface area contributed by atoms with Gasteiger partial charge in [-0.3, -0.25) is 4.79 Å². The Morgan fingerprint density at radius 2 is 1.89 bits per heavy atom. The molecule has 1 rings (SSSR count). The van der Waals surface area contributed by atoms with Gasteiger partial charge >= 0.3 is 6.18 Å². The van der Waals surface area contributed by atoms with E-state index in [2.05, 4.69) is 6.92 Å². The quantitative estimate of drug-likeness (QED) is 0.833. The fourth-order valence-electron chi connectivity index (χ4n) is 2.41. The number of hydrogen-bond donors (Lipinski definition) is 1. The van der Waals surface area contributed by atoms with E-state index in [-0.39, 0.29) is 6.04 Å². The summed E-state index contributed by atoms with van der Waals surface area (Å²) >= 11 is 0. The minimum Gasteiger partial charge on any atom is -0.341 e. The van der Waals surface area contributed by atoms with E-state index in [1.807, 2.05) is 0 Å². The van der Waals surface area contributed by atoms with Gasteiger partial charge in [-0.25, -0.2) is 0 Å². The van der Waals surface area contributed by atoms with E-state index in [0.29, 0.717) is 5.92 Å². The van der Waals surface area contributed by atoms with Crippen molar-refractivity contribution in [2.24, 2.45) is 11.7 Å². The Bertz CT molecular complexity index is 315. The predicted octanol–water partition coefficient (Wildman–Crippen LogP) is 2.30. The highest BCUT2D eigenvalue weighted by Crippen LogP contribution is 2.32. The molecule has 0 aromatic carbocycles. The van der Waals surface area contributed by atoms with Gasteiger partial charge in [-0.05, 0) is 25.7 Å². The van der Waals surface area contributed by atoms with E-state index in [1.54, 1.807) is 0 Å². The summed E-state index contributed by atoms with van der Waals surface area (Å²) in [6.07, 6.45) is -1.22. The van der Waals surface area contributed by atoms with Crippen molar-refractivity contribution in [1.82, 2.24) is 4.90 Å². The zero-order chi connectivity index (χ0) is 14.1. The van der Waals surface area contributed by atoms with Crippen molar-refractivity contribution in [2.75, 3.05) is 7.05 Å². The molecule has 2 N–H and O–H groups in total. The number of nitrogens with two attached hydrogens (primary N) is 1. The first-order chi connectivity index (χ1) is 8.07. The second kappa shape index (κ2) is 5.07. The largest absolute Gasteiger partial charge is 0.415 e. The second-order valence-electron chi connectivity index (χ2n) is 5.54. The highest BCUT2D eigenvalue weighted by molar-refractivity contribution is 5.86. The van der Waals surface area contributed by atoms with Crippen molar-refractivity contribution in [2.45, 2.75) is 57.3 Å². The molecule has 18 heavy (non-hydrogen) atoms. The Balaban J connectivity index is 2.77. The average Bonchev–Trinajstić information content (AvgIpc) is 2.25. The Labute approximate surface area is 106 Å². The third-order valence-corrected chi connectivity index (χ3v) is 3.81. The average molecular weight is 266 g/mol. The van der Waals surface area contributed by atoms with Gasteiger partial charge in [-0.15, -0.1) is 0 Å². The normalized spacial score (nSPS) is 28.6. The molecule has 3 nitrogen and oxygen atoms in total. The Morgan fingerprint density at radius 1 is 1.33 bits per heavy atom. The first-order valence-corrected chi connectivity index (χ1v) is 6.20. The van der Waals surface area contributed by atoms with Crippen LogP contribution in [0.5, 0.6) is 0 Å². The SMILES string of the molecule is CC1CCCC(N(C)C(=O)C(C)(N)C(F)(F)F)C1. The summed E-state index contributed by atoms with van der Waals surface area (Å²) in [5.41, 5.74) is 2.36. The molecule has 0 radical (unpaired) electrons. The van der Waals surface area contributed by atoms with E-state index >= 15 is 0 Å². The number of rotatable bonds is 2. The van der Waals surface area contributed by atoms with Crippen LogP contribution in [0.25, 0.3) is 0 Å². The molecular formula is C12H21F3N2O. The lowest BCUT2D eigenvalue weighted by Gasteiger charge is -2.38. The molecular weight excluding hydrogens is 245 g/mol. The summed E-state index contributed by atoms with van der Waals surface area (Å²) in [6.45, 7) is 2.79. The Kier molecular flexibility index (Phi) is 4.30. The summed E-state index contributed by atoms with van der Waals surface area (Å²) in [6, 6.07) is -0.133. The highest BCUT2D eigenvalue weighted by Gasteiger charge is 2.55. The smallest absolute Gasteiger partial charge is 0.341 e. The standard InChI is InChI=1S/C12H21F3N2O/c1-8-5-4-6-9(7-8)17(3)10(18)11(2,16)12(13,14)15/h8-9H,4-7,16H2,1-3H3. The third-order valence-electron chi connectivity index (χ3n) is 3.81. The maximum atomic E-state index is 12.7. The van der Waals surface area contributed by atoms with Crippen molar-refractivity contribution in [3.63, 3.8) is 0 Å². The van der Waals surface area contributed by atoms with Gasteiger partial charge in [0.15, 0.2) is 5.54 Å². The van der Waals surface area contributed by atoms with Gasteiger partial charge < -0.3 is 10.6 Å². The number of nitrogens with zero attached hydrogens (tertiary/aromatic N) is 1. The molecule has 1 aliphatic carbocycles. The van der Waals surface area contributed by atoms with E-state index < -0.39 is 17.6 Å². The molecule has 0 aromatic rings. The minimum absolute atomic E-state index is 0.133. The maximum Gasteiger partial charge on any atom is 0.415 e. The first-order valence-electron chi connectivity index (χ1n) is 6.20. The number of hydrogen-bond acceptors (Lipinski definition) is 2. The van der Waals surface area contributed by atoms with Gasteiger partial charge in [0.2, 0.25) is 0 Å². The lowest BCUT2D eigenvalue weighted by atomic mass is 9.85. The van der Waals surface area contributed by atoms with Crippen LogP contribution < -0.4 is 5.73 Å². The lowest BCUT2D eigenvalue weighted by Crippen LogP contribution is -2.63. The number of carbonyl (C=O) groups excluding carboxylic acids is 1. The molecule has 1 saturated carbocycles. The van der Waals surface area contributed by atoms with Crippen molar-refractivity contribution in [3.8, 4) is 0 Å². The van der Waals surface area contributed by atoms with Crippen LogP contribution in [0.4, 0.5) is 13.2 Å². The van der Waals surface area contributed by atoms with Crippen molar-refractivity contribution < 1.29 is 18.0 Å². The van der Waals surface area contributed by atoms with Gasteiger partial charge in [0.1, 0.15) is 0 Å². The van der Waals surface area contributed by atoms with E-state index in [9.17, 15) is 18.0 Å². The van der Waals surface area contributed by atoms with Crippen molar-refractivity contribution in [3.05, 3.63) is 0 Å². The van der Waals surface area contributed by atoms with Gasteiger partial charge in [0.25, 0.3) is 5.91 Å². The van der Waals surface area contributed by atoms with E-state index in [0.717, 1.165) is 32.6 Å². The van der Waals surface area contributed by atoms with Crippen LogP contribution in [-0.2, 0) is 4.79 Å². The Morgan fingerprint density at radius 3 is 2.33 bits per heavy atom. The van der Waals surface area contributed by atoms with Gasteiger partial charge in [0.05, 0.1) is 0 Å². The van der Waals surface area contributed by atoms with Crippen molar-refractivity contribution in [1.29, 1.82) is 0 Å². The topological polar surface area (TPSA) is 46.3 Å². The fraction of sp³-hybridized carbons (Fsp3) is 0.917. The molecule has 106 valence electrons. The summed E-state index contributed by atoms with van der Waals surface area (Å²) in [5.74, 6) is -0.608. The van der Waals surface area contributed by atoms with Crippen LogP contribution in [0.2, 0.25) is 0 Å². The summed E-state index contributed by atoms with van der Waals surface area (Å²) in [5, 5.41) is 0. The molecule has 6 heteroatoms. The van der Waals surface area contributed by atoms with E-state index in [1.165, 1.54) is 11.9 Å². The molecule has 1 fully saturated rings. The number of amides is 1. The van der Waals surface area contributed by atoms with Gasteiger partial charge in [0, 0.05) is 13.1 Å². The zero-order valence-corrected chi connectivity index (χ0v) is 11.0. The van der Waals surface area contributed by atoms with Crippen LogP contribution >= 0.6 is 0 Å². The summed E-state index contributed by atoms with van der Waals surface area (Å²) < 4.78 is 38.1. The second-order valence-corrected chi connectivity index (χ2v) is 5.54. The molecule has 1 aliphatic rings. The van der Waals surface area contributed by atoms with Crippen LogP contribution in [0, 0.1) is 5.92 Å². The van der Waals surface area contributed by atoms with Crippen molar-refractivity contribution >= 4 is 5.91 Å². The molecule has 0 bridgehead atoms.